The highest BCUT2D eigenvalue weighted by molar-refractivity contribution is 14.1. The molecule has 0 saturated heterocycles. The molecule has 20 heavy (non-hydrogen) atoms. The molecule has 5 nitrogen and oxygen atoms in total. The fraction of sp³-hybridized carbons (Fsp3) is 0.250. The van der Waals surface area contributed by atoms with Crippen LogP contribution in [0.2, 0.25) is 5.02 Å². The van der Waals surface area contributed by atoms with Crippen LogP contribution in [0.25, 0.3) is 11.4 Å². The van der Waals surface area contributed by atoms with E-state index in [-0.39, 0.29) is 5.75 Å². The monoisotopic (exact) mass is 423 g/mol. The summed E-state index contributed by atoms with van der Waals surface area (Å²) in [5.74, 6) is -0.211. The molecule has 1 N–H and O–H groups in total. The minimum Gasteiger partial charge on any atom is -0.481 e. The van der Waals surface area contributed by atoms with Gasteiger partial charge in [-0.15, -0.1) is 10.2 Å². The average Bonchev–Trinajstić information content (AvgIpc) is 2.81. The van der Waals surface area contributed by atoms with Crippen molar-refractivity contribution in [3.63, 3.8) is 0 Å². The SMILES string of the molecule is CCn1c(SCC(=O)O)nnc1-c1cc(Cl)ccc1I. The lowest BCUT2D eigenvalue weighted by Gasteiger charge is -2.08. The Hall–Kier alpha value is -0.800. The quantitative estimate of drug-likeness (QED) is 0.590. The maximum atomic E-state index is 10.7. The van der Waals surface area contributed by atoms with Gasteiger partial charge < -0.3 is 9.67 Å². The van der Waals surface area contributed by atoms with E-state index < -0.39 is 5.97 Å². The van der Waals surface area contributed by atoms with Crippen molar-refractivity contribution in [2.45, 2.75) is 18.6 Å². The topological polar surface area (TPSA) is 68.0 Å². The van der Waals surface area contributed by atoms with Crippen LogP contribution in [-0.4, -0.2) is 31.6 Å². The van der Waals surface area contributed by atoms with E-state index in [4.69, 9.17) is 16.7 Å². The molecule has 0 spiro atoms. The van der Waals surface area contributed by atoms with Gasteiger partial charge in [0.1, 0.15) is 0 Å². The smallest absolute Gasteiger partial charge is 0.313 e. The molecule has 1 aromatic heterocycles. The zero-order valence-electron chi connectivity index (χ0n) is 10.5. The first kappa shape index (κ1) is 15.6. The van der Waals surface area contributed by atoms with Gasteiger partial charge in [0, 0.05) is 20.7 Å². The Bertz CT molecular complexity index is 648. The number of thioether (sulfide) groups is 1. The summed E-state index contributed by atoms with van der Waals surface area (Å²) in [4.78, 5) is 10.7. The van der Waals surface area contributed by atoms with E-state index in [9.17, 15) is 4.79 Å². The summed E-state index contributed by atoms with van der Waals surface area (Å²) in [5.41, 5.74) is 0.898. The van der Waals surface area contributed by atoms with Gasteiger partial charge >= 0.3 is 5.97 Å². The van der Waals surface area contributed by atoms with Gasteiger partial charge in [-0.05, 0) is 47.7 Å². The number of carboxylic acids is 1. The molecule has 0 unspecified atom stereocenters. The summed E-state index contributed by atoms with van der Waals surface area (Å²) in [6, 6.07) is 5.57. The van der Waals surface area contributed by atoms with Crippen LogP contribution in [0, 0.1) is 3.57 Å². The minimum absolute atomic E-state index is 0.0369. The summed E-state index contributed by atoms with van der Waals surface area (Å²) in [6.45, 7) is 2.63. The lowest BCUT2D eigenvalue weighted by atomic mass is 10.2. The summed E-state index contributed by atoms with van der Waals surface area (Å²) in [6.07, 6.45) is 0. The van der Waals surface area contributed by atoms with Crippen LogP contribution in [0.3, 0.4) is 0 Å². The first-order chi connectivity index (χ1) is 9.52. The Balaban J connectivity index is 2.42. The number of carboxylic acid groups (broad SMARTS) is 1. The molecule has 0 aliphatic rings. The molecular weight excluding hydrogens is 413 g/mol. The number of halogens is 2. The van der Waals surface area contributed by atoms with Crippen LogP contribution in [0.15, 0.2) is 23.4 Å². The largest absolute Gasteiger partial charge is 0.481 e. The predicted octanol–water partition coefficient (Wildman–Crippen LogP) is 3.40. The number of nitrogens with zero attached hydrogens (tertiary/aromatic N) is 3. The van der Waals surface area contributed by atoms with Gasteiger partial charge in [-0.25, -0.2) is 0 Å². The highest BCUT2D eigenvalue weighted by atomic mass is 127. The molecule has 2 rings (SSSR count). The van der Waals surface area contributed by atoms with E-state index in [0.717, 1.165) is 20.9 Å². The van der Waals surface area contributed by atoms with Crippen LogP contribution in [0.1, 0.15) is 6.92 Å². The minimum atomic E-state index is -0.875. The number of carbonyl (C=O) groups is 1. The second-order valence-corrected chi connectivity index (χ2v) is 6.40. The Morgan fingerprint density at radius 3 is 2.90 bits per heavy atom. The number of rotatable bonds is 5. The summed E-state index contributed by atoms with van der Waals surface area (Å²) in [7, 11) is 0. The summed E-state index contributed by atoms with van der Waals surface area (Å²) >= 11 is 9.40. The second kappa shape index (κ2) is 6.77. The normalized spacial score (nSPS) is 10.8. The molecule has 0 aliphatic carbocycles. The van der Waals surface area contributed by atoms with E-state index in [0.29, 0.717) is 22.5 Å². The molecule has 2 aromatic rings. The van der Waals surface area contributed by atoms with Crippen LogP contribution in [0.5, 0.6) is 0 Å². The number of aromatic nitrogens is 3. The summed E-state index contributed by atoms with van der Waals surface area (Å²) in [5, 5.41) is 18.2. The van der Waals surface area contributed by atoms with Gasteiger partial charge in [0.05, 0.1) is 5.75 Å². The van der Waals surface area contributed by atoms with Gasteiger partial charge in [0.2, 0.25) is 0 Å². The maximum absolute atomic E-state index is 10.7. The molecule has 1 heterocycles. The van der Waals surface area contributed by atoms with E-state index in [1.54, 1.807) is 0 Å². The van der Waals surface area contributed by atoms with E-state index >= 15 is 0 Å². The standard InChI is InChI=1S/C12H11ClIN3O2S/c1-2-17-11(8-5-7(13)3-4-9(8)14)15-16-12(17)20-6-10(18)19/h3-5H,2,6H2,1H3,(H,18,19). The highest BCUT2D eigenvalue weighted by Gasteiger charge is 2.16. The Kier molecular flexibility index (Phi) is 5.28. The molecule has 0 saturated carbocycles. The fourth-order valence-corrected chi connectivity index (χ4v) is 3.15. The lowest BCUT2D eigenvalue weighted by molar-refractivity contribution is -0.133. The predicted molar refractivity (Wildman–Crippen MR) is 87.2 cm³/mol. The molecule has 0 fully saturated rings. The van der Waals surface area contributed by atoms with Gasteiger partial charge in [0.25, 0.3) is 0 Å². The van der Waals surface area contributed by atoms with Gasteiger partial charge in [-0.3, -0.25) is 4.79 Å². The van der Waals surface area contributed by atoms with Gasteiger partial charge in [-0.1, -0.05) is 23.4 Å². The zero-order valence-corrected chi connectivity index (χ0v) is 14.2. The molecule has 106 valence electrons. The molecular formula is C12H11ClIN3O2S. The fourth-order valence-electron chi connectivity index (χ4n) is 1.67. The molecule has 0 amide bonds. The average molecular weight is 424 g/mol. The van der Waals surface area contributed by atoms with Crippen molar-refractivity contribution in [2.24, 2.45) is 0 Å². The number of hydrogen-bond acceptors (Lipinski definition) is 4. The third-order valence-electron chi connectivity index (χ3n) is 2.53. The van der Waals surface area contributed by atoms with Crippen molar-refractivity contribution in [2.75, 3.05) is 5.75 Å². The van der Waals surface area contributed by atoms with E-state index in [1.807, 2.05) is 29.7 Å². The summed E-state index contributed by atoms with van der Waals surface area (Å²) < 4.78 is 2.91. The number of aliphatic carboxylic acids is 1. The molecule has 0 radical (unpaired) electrons. The first-order valence-corrected chi connectivity index (χ1v) is 8.20. The molecule has 8 heteroatoms. The molecule has 1 aromatic carbocycles. The van der Waals surface area contributed by atoms with Crippen molar-refractivity contribution in [3.05, 3.63) is 26.8 Å². The van der Waals surface area contributed by atoms with Crippen LogP contribution in [0.4, 0.5) is 0 Å². The van der Waals surface area contributed by atoms with E-state index in [2.05, 4.69) is 32.8 Å². The first-order valence-electron chi connectivity index (χ1n) is 5.76. The Morgan fingerprint density at radius 2 is 2.25 bits per heavy atom. The van der Waals surface area contributed by atoms with Crippen molar-refractivity contribution >= 4 is 51.9 Å². The van der Waals surface area contributed by atoms with E-state index in [1.165, 1.54) is 0 Å². The van der Waals surface area contributed by atoms with Gasteiger partial charge in [0.15, 0.2) is 11.0 Å². The van der Waals surface area contributed by atoms with Crippen molar-refractivity contribution in [1.82, 2.24) is 14.8 Å². The zero-order chi connectivity index (χ0) is 14.7. The van der Waals surface area contributed by atoms with Crippen molar-refractivity contribution < 1.29 is 9.90 Å². The number of hydrogen-bond donors (Lipinski definition) is 1. The third kappa shape index (κ3) is 3.44. The van der Waals surface area contributed by atoms with Crippen LogP contribution >= 0.6 is 46.0 Å². The molecule has 0 aliphatic heterocycles. The molecule has 0 bridgehead atoms. The maximum Gasteiger partial charge on any atom is 0.313 e. The third-order valence-corrected chi connectivity index (χ3v) is 4.65. The van der Waals surface area contributed by atoms with Crippen molar-refractivity contribution in [3.8, 4) is 11.4 Å². The highest BCUT2D eigenvalue weighted by Crippen LogP contribution is 2.29. The van der Waals surface area contributed by atoms with Crippen LogP contribution in [-0.2, 0) is 11.3 Å². The second-order valence-electron chi connectivity index (χ2n) is 3.86. The number of benzene rings is 1. The van der Waals surface area contributed by atoms with Gasteiger partial charge in [-0.2, -0.15) is 0 Å². The Morgan fingerprint density at radius 1 is 1.50 bits per heavy atom. The Labute approximate surface area is 138 Å². The van der Waals surface area contributed by atoms with Crippen molar-refractivity contribution in [1.29, 1.82) is 0 Å². The lowest BCUT2D eigenvalue weighted by Crippen LogP contribution is -2.03. The van der Waals surface area contributed by atoms with Crippen LogP contribution < -0.4 is 0 Å². The molecule has 0 atom stereocenters.